The Morgan fingerprint density at radius 3 is 2.85 bits per heavy atom. The predicted octanol–water partition coefficient (Wildman–Crippen LogP) is 1.84. The molecular formula is C19H23N3O5. The highest BCUT2D eigenvalue weighted by atomic mass is 16.5. The van der Waals surface area contributed by atoms with Crippen LogP contribution in [0.15, 0.2) is 22.7 Å². The number of amides is 2. The van der Waals surface area contributed by atoms with Crippen LogP contribution < -0.4 is 10.1 Å². The number of carbonyl (C=O) groups excluding carboxylic acids is 2. The van der Waals surface area contributed by atoms with Crippen LogP contribution in [-0.4, -0.2) is 48.7 Å². The van der Waals surface area contributed by atoms with E-state index in [1.54, 1.807) is 24.0 Å². The van der Waals surface area contributed by atoms with Crippen molar-refractivity contribution in [3.05, 3.63) is 40.8 Å². The molecule has 8 heteroatoms. The highest BCUT2D eigenvalue weighted by Gasteiger charge is 2.23. The average molecular weight is 373 g/mol. The number of carbonyl (C=O) groups is 2. The Kier molecular flexibility index (Phi) is 5.75. The number of rotatable bonds is 5. The van der Waals surface area contributed by atoms with E-state index in [1.807, 2.05) is 13.0 Å². The molecule has 0 radical (unpaired) electrons. The Hall–Kier alpha value is -2.87. The normalized spacial score (nSPS) is 13.5. The molecule has 1 aliphatic heterocycles. The highest BCUT2D eigenvalue weighted by Crippen LogP contribution is 2.27. The third-order valence-corrected chi connectivity index (χ3v) is 4.46. The van der Waals surface area contributed by atoms with Gasteiger partial charge in [0.25, 0.3) is 0 Å². The first-order valence-corrected chi connectivity index (χ1v) is 8.72. The second-order valence-corrected chi connectivity index (χ2v) is 6.45. The molecule has 0 bridgehead atoms. The molecule has 2 heterocycles. The lowest BCUT2D eigenvalue weighted by Gasteiger charge is -2.20. The van der Waals surface area contributed by atoms with Crippen LogP contribution in [0.25, 0.3) is 0 Å². The second-order valence-electron chi connectivity index (χ2n) is 6.45. The first-order valence-electron chi connectivity index (χ1n) is 8.72. The summed E-state index contributed by atoms with van der Waals surface area (Å²) in [5.41, 5.74) is 3.04. The molecule has 0 atom stereocenters. The summed E-state index contributed by atoms with van der Waals surface area (Å²) in [6, 6.07) is 5.40. The monoisotopic (exact) mass is 373 g/mol. The lowest BCUT2D eigenvalue weighted by Crippen LogP contribution is -2.33. The molecule has 3 rings (SSSR count). The Bertz CT molecular complexity index is 826. The number of aromatic nitrogens is 1. The lowest BCUT2D eigenvalue weighted by atomic mass is 10.1. The summed E-state index contributed by atoms with van der Waals surface area (Å²) in [5, 5.41) is 6.67. The van der Waals surface area contributed by atoms with Crippen molar-refractivity contribution in [2.45, 2.75) is 26.8 Å². The van der Waals surface area contributed by atoms with E-state index in [4.69, 9.17) is 14.0 Å². The van der Waals surface area contributed by atoms with Crippen molar-refractivity contribution in [3.8, 4) is 5.75 Å². The minimum atomic E-state index is -0.238. The van der Waals surface area contributed by atoms with E-state index in [9.17, 15) is 9.59 Å². The Balaban J connectivity index is 1.74. The van der Waals surface area contributed by atoms with E-state index in [1.165, 1.54) is 7.11 Å². The molecule has 1 N–H and O–H groups in total. The van der Waals surface area contributed by atoms with Gasteiger partial charge in [0.05, 0.1) is 18.7 Å². The molecule has 0 spiro atoms. The van der Waals surface area contributed by atoms with E-state index in [0.717, 1.165) is 16.8 Å². The maximum absolute atomic E-state index is 12.8. The van der Waals surface area contributed by atoms with Gasteiger partial charge in [-0.1, -0.05) is 5.16 Å². The van der Waals surface area contributed by atoms with Gasteiger partial charge in [-0.15, -0.1) is 0 Å². The van der Waals surface area contributed by atoms with E-state index in [-0.39, 0.29) is 24.8 Å². The topological polar surface area (TPSA) is 93.9 Å². The van der Waals surface area contributed by atoms with Gasteiger partial charge >= 0.3 is 0 Å². The number of benzene rings is 1. The summed E-state index contributed by atoms with van der Waals surface area (Å²) < 4.78 is 15.7. The van der Waals surface area contributed by atoms with Crippen molar-refractivity contribution in [1.82, 2.24) is 10.1 Å². The molecule has 1 aromatic carbocycles. The third-order valence-electron chi connectivity index (χ3n) is 4.46. The van der Waals surface area contributed by atoms with E-state index < -0.39 is 0 Å². The SMILES string of the molecule is COCC(=O)Nc1ccc2c(c1)CN(C(=O)Cc1c(C)noc1C)CCO2. The van der Waals surface area contributed by atoms with Crippen molar-refractivity contribution in [1.29, 1.82) is 0 Å². The number of nitrogens with zero attached hydrogens (tertiary/aromatic N) is 2. The van der Waals surface area contributed by atoms with Crippen molar-refractivity contribution in [2.75, 3.05) is 32.2 Å². The van der Waals surface area contributed by atoms with E-state index in [2.05, 4.69) is 10.5 Å². The smallest absolute Gasteiger partial charge is 0.250 e. The number of aryl methyl sites for hydroxylation is 2. The Morgan fingerprint density at radius 1 is 1.33 bits per heavy atom. The largest absolute Gasteiger partial charge is 0.491 e. The van der Waals surface area contributed by atoms with Gasteiger partial charge in [-0.3, -0.25) is 9.59 Å². The molecule has 8 nitrogen and oxygen atoms in total. The molecule has 0 aliphatic carbocycles. The fourth-order valence-corrected chi connectivity index (χ4v) is 3.03. The molecule has 0 saturated heterocycles. The van der Waals surface area contributed by atoms with Gasteiger partial charge in [0.15, 0.2) is 0 Å². The van der Waals surface area contributed by atoms with Gasteiger partial charge in [-0.25, -0.2) is 0 Å². The van der Waals surface area contributed by atoms with Crippen LogP contribution in [0.4, 0.5) is 5.69 Å². The van der Waals surface area contributed by atoms with Gasteiger partial charge in [-0.05, 0) is 32.0 Å². The number of anilines is 1. The number of ether oxygens (including phenoxy) is 2. The van der Waals surface area contributed by atoms with Crippen molar-refractivity contribution in [2.24, 2.45) is 0 Å². The minimum absolute atomic E-state index is 0.0182. The highest BCUT2D eigenvalue weighted by molar-refractivity contribution is 5.91. The molecule has 2 amide bonds. The molecule has 27 heavy (non-hydrogen) atoms. The summed E-state index contributed by atoms with van der Waals surface area (Å²) in [5.74, 6) is 1.12. The zero-order chi connectivity index (χ0) is 19.4. The number of fused-ring (bicyclic) bond motifs is 1. The maximum Gasteiger partial charge on any atom is 0.250 e. The van der Waals surface area contributed by atoms with Gasteiger partial charge in [0.1, 0.15) is 24.7 Å². The first-order chi connectivity index (χ1) is 13.0. The van der Waals surface area contributed by atoms with Crippen LogP contribution in [0.3, 0.4) is 0 Å². The van der Waals surface area contributed by atoms with Gasteiger partial charge in [0.2, 0.25) is 11.8 Å². The molecule has 0 unspecified atom stereocenters. The fraction of sp³-hybridized carbons (Fsp3) is 0.421. The summed E-state index contributed by atoms with van der Waals surface area (Å²) >= 11 is 0. The van der Waals surface area contributed by atoms with E-state index in [0.29, 0.717) is 36.9 Å². The summed E-state index contributed by atoms with van der Waals surface area (Å²) in [7, 11) is 1.47. The zero-order valence-corrected chi connectivity index (χ0v) is 15.7. The lowest BCUT2D eigenvalue weighted by molar-refractivity contribution is -0.131. The molecular weight excluding hydrogens is 350 g/mol. The van der Waals surface area contributed by atoms with Crippen LogP contribution in [0.1, 0.15) is 22.6 Å². The average Bonchev–Trinajstić information content (AvgIpc) is 2.84. The number of hydrogen-bond donors (Lipinski definition) is 1. The fourth-order valence-electron chi connectivity index (χ4n) is 3.03. The third kappa shape index (κ3) is 4.46. The number of methoxy groups -OCH3 is 1. The van der Waals surface area contributed by atoms with Crippen LogP contribution in [0.2, 0.25) is 0 Å². The molecule has 1 aromatic heterocycles. The van der Waals surface area contributed by atoms with Gasteiger partial charge in [0, 0.05) is 30.5 Å². The standard InChI is InChI=1S/C19H23N3O5/c1-12-16(13(2)27-21-12)9-19(24)22-6-7-26-17-5-4-15(8-14(17)10-22)20-18(23)11-25-3/h4-5,8H,6-7,9-11H2,1-3H3,(H,20,23). The first kappa shape index (κ1) is 18.9. The number of nitrogens with one attached hydrogen (secondary N) is 1. The van der Waals surface area contributed by atoms with Crippen LogP contribution in [0, 0.1) is 13.8 Å². The second kappa shape index (κ2) is 8.22. The van der Waals surface area contributed by atoms with Crippen molar-refractivity contribution >= 4 is 17.5 Å². The number of hydrogen-bond acceptors (Lipinski definition) is 6. The zero-order valence-electron chi connectivity index (χ0n) is 15.7. The van der Waals surface area contributed by atoms with E-state index >= 15 is 0 Å². The van der Waals surface area contributed by atoms with Crippen LogP contribution in [-0.2, 0) is 27.3 Å². The van der Waals surface area contributed by atoms with Gasteiger partial charge in [-0.2, -0.15) is 0 Å². The molecule has 0 fully saturated rings. The summed E-state index contributed by atoms with van der Waals surface area (Å²) in [6.45, 7) is 4.92. The Labute approximate surface area is 157 Å². The quantitative estimate of drug-likeness (QED) is 0.860. The van der Waals surface area contributed by atoms with Crippen molar-refractivity contribution < 1.29 is 23.6 Å². The molecule has 0 saturated carbocycles. The summed E-state index contributed by atoms with van der Waals surface area (Å²) in [4.78, 5) is 26.3. The van der Waals surface area contributed by atoms with Crippen LogP contribution >= 0.6 is 0 Å². The predicted molar refractivity (Wildman–Crippen MR) is 97.5 cm³/mol. The summed E-state index contributed by atoms with van der Waals surface area (Å²) in [6.07, 6.45) is 0.237. The van der Waals surface area contributed by atoms with Crippen LogP contribution in [0.5, 0.6) is 5.75 Å². The molecule has 1 aliphatic rings. The Morgan fingerprint density at radius 2 is 2.15 bits per heavy atom. The van der Waals surface area contributed by atoms with Gasteiger partial charge < -0.3 is 24.2 Å². The molecule has 144 valence electrons. The van der Waals surface area contributed by atoms with Crippen molar-refractivity contribution in [3.63, 3.8) is 0 Å². The molecule has 2 aromatic rings. The minimum Gasteiger partial charge on any atom is -0.491 e. The maximum atomic E-state index is 12.8.